The van der Waals surface area contributed by atoms with Crippen molar-refractivity contribution in [3.8, 4) is 5.75 Å². The Morgan fingerprint density at radius 2 is 1.55 bits per heavy atom. The van der Waals surface area contributed by atoms with E-state index >= 15 is 0 Å². The highest BCUT2D eigenvalue weighted by atomic mass is 35.5. The van der Waals surface area contributed by atoms with Gasteiger partial charge in [-0.1, -0.05) is 46.4 Å². The van der Waals surface area contributed by atoms with Gasteiger partial charge in [-0.2, -0.15) is 0 Å². The van der Waals surface area contributed by atoms with Gasteiger partial charge >= 0.3 is 0 Å². The maximum Gasteiger partial charge on any atom is 0.227 e. The van der Waals surface area contributed by atoms with E-state index in [4.69, 9.17) is 51.1 Å². The molecule has 0 spiro atoms. The molecule has 7 heteroatoms. The fraction of sp³-hybridized carbons (Fsp3) is 0.133. The fourth-order valence-corrected chi connectivity index (χ4v) is 2.69. The highest BCUT2D eigenvalue weighted by molar-refractivity contribution is 6.42. The molecule has 116 valence electrons. The molecule has 0 aliphatic carbocycles. The molecule has 0 saturated heterocycles. The van der Waals surface area contributed by atoms with Crippen molar-refractivity contribution in [2.75, 3.05) is 11.9 Å². The van der Waals surface area contributed by atoms with Gasteiger partial charge in [-0.25, -0.2) is 0 Å². The van der Waals surface area contributed by atoms with Gasteiger partial charge in [0.25, 0.3) is 0 Å². The predicted octanol–water partition coefficient (Wildman–Crippen LogP) is 5.71. The van der Waals surface area contributed by atoms with E-state index in [0.29, 0.717) is 21.5 Å². The van der Waals surface area contributed by atoms with Crippen LogP contribution in [0.25, 0.3) is 0 Å². The van der Waals surface area contributed by atoms with Crippen LogP contribution in [0.5, 0.6) is 5.75 Å². The second-order valence-corrected chi connectivity index (χ2v) is 6.03. The second-order valence-electron chi connectivity index (χ2n) is 4.34. The molecule has 1 N–H and O–H groups in total. The van der Waals surface area contributed by atoms with Crippen LogP contribution in [0.4, 0.5) is 5.69 Å². The lowest BCUT2D eigenvalue weighted by Gasteiger charge is -2.10. The Hall–Kier alpha value is -1.13. The molecule has 3 nitrogen and oxygen atoms in total. The summed E-state index contributed by atoms with van der Waals surface area (Å²) in [7, 11) is 0. The Morgan fingerprint density at radius 1 is 0.955 bits per heavy atom. The summed E-state index contributed by atoms with van der Waals surface area (Å²) in [5, 5.41) is 4.23. The average molecular weight is 379 g/mol. The summed E-state index contributed by atoms with van der Waals surface area (Å²) in [5.41, 5.74) is 0.337. The van der Waals surface area contributed by atoms with Crippen LogP contribution >= 0.6 is 46.4 Å². The van der Waals surface area contributed by atoms with E-state index in [2.05, 4.69) is 5.32 Å². The summed E-state index contributed by atoms with van der Waals surface area (Å²) >= 11 is 23.6. The third-order valence-electron chi connectivity index (χ3n) is 2.68. The zero-order valence-electron chi connectivity index (χ0n) is 11.2. The van der Waals surface area contributed by atoms with Gasteiger partial charge in [-0.15, -0.1) is 0 Å². The number of amides is 1. The van der Waals surface area contributed by atoms with Crippen molar-refractivity contribution in [2.45, 2.75) is 6.42 Å². The van der Waals surface area contributed by atoms with Crippen LogP contribution < -0.4 is 10.1 Å². The maximum atomic E-state index is 11.9. The summed E-state index contributed by atoms with van der Waals surface area (Å²) in [5.74, 6) is 0.375. The number of hydrogen-bond acceptors (Lipinski definition) is 2. The topological polar surface area (TPSA) is 38.3 Å². The molecule has 0 atom stereocenters. The Morgan fingerprint density at radius 3 is 2.14 bits per heavy atom. The van der Waals surface area contributed by atoms with Crippen LogP contribution in [0, 0.1) is 0 Å². The molecular formula is C15H11Cl4NO2. The molecule has 2 aromatic rings. The van der Waals surface area contributed by atoms with E-state index < -0.39 is 0 Å². The third kappa shape index (κ3) is 4.96. The summed E-state index contributed by atoms with van der Waals surface area (Å²) in [6.45, 7) is 0.219. The van der Waals surface area contributed by atoms with E-state index in [1.54, 1.807) is 24.3 Å². The molecule has 0 saturated carbocycles. The normalized spacial score (nSPS) is 10.4. The molecule has 0 heterocycles. The first kappa shape index (κ1) is 17.2. The van der Waals surface area contributed by atoms with E-state index in [1.807, 2.05) is 0 Å². The number of carbonyl (C=O) groups excluding carboxylic acids is 1. The minimum Gasteiger partial charge on any atom is -0.493 e. The standard InChI is InChI=1S/C15H11Cl4NO2/c16-9-1-3-11(4-2-9)22-6-5-14(21)20-15-12(18)7-10(17)8-13(15)19/h1-4,7-8H,5-6H2,(H,20,21). The molecule has 2 rings (SSSR count). The van der Waals surface area contributed by atoms with Crippen LogP contribution in [0.1, 0.15) is 6.42 Å². The minimum absolute atomic E-state index is 0.151. The molecule has 0 aromatic heterocycles. The molecule has 0 aliphatic heterocycles. The Balaban J connectivity index is 1.87. The number of anilines is 1. The summed E-state index contributed by atoms with van der Waals surface area (Å²) in [6, 6.07) is 9.90. The molecular weight excluding hydrogens is 368 g/mol. The SMILES string of the molecule is O=C(CCOc1ccc(Cl)cc1)Nc1c(Cl)cc(Cl)cc1Cl. The molecule has 2 aromatic carbocycles. The van der Waals surface area contributed by atoms with Crippen molar-refractivity contribution in [2.24, 2.45) is 0 Å². The number of carbonyl (C=O) groups is 1. The largest absolute Gasteiger partial charge is 0.493 e. The molecule has 0 fully saturated rings. The van der Waals surface area contributed by atoms with Gasteiger partial charge in [0.05, 0.1) is 28.8 Å². The number of nitrogens with one attached hydrogen (secondary N) is 1. The van der Waals surface area contributed by atoms with Crippen molar-refractivity contribution in [1.82, 2.24) is 0 Å². The number of rotatable bonds is 5. The van der Waals surface area contributed by atoms with E-state index in [1.165, 1.54) is 12.1 Å². The lowest BCUT2D eigenvalue weighted by Crippen LogP contribution is -2.15. The molecule has 1 amide bonds. The van der Waals surface area contributed by atoms with Gasteiger partial charge in [0.15, 0.2) is 0 Å². The monoisotopic (exact) mass is 377 g/mol. The van der Waals surface area contributed by atoms with Crippen LogP contribution in [0.15, 0.2) is 36.4 Å². The van der Waals surface area contributed by atoms with Crippen LogP contribution in [-0.2, 0) is 4.79 Å². The Labute approximate surface area is 148 Å². The van der Waals surface area contributed by atoms with E-state index in [-0.39, 0.29) is 29.0 Å². The Bertz CT molecular complexity index is 651. The lowest BCUT2D eigenvalue weighted by molar-refractivity contribution is -0.116. The van der Waals surface area contributed by atoms with Crippen molar-refractivity contribution < 1.29 is 9.53 Å². The second kappa shape index (κ2) is 7.93. The number of benzene rings is 2. The number of ether oxygens (including phenoxy) is 1. The maximum absolute atomic E-state index is 11.9. The van der Waals surface area contributed by atoms with Gasteiger partial charge in [0, 0.05) is 10.0 Å². The molecule has 0 bridgehead atoms. The molecule has 0 radical (unpaired) electrons. The summed E-state index contributed by atoms with van der Waals surface area (Å²) in [6.07, 6.45) is 0.151. The van der Waals surface area contributed by atoms with Crippen molar-refractivity contribution in [1.29, 1.82) is 0 Å². The van der Waals surface area contributed by atoms with Gasteiger partial charge in [0.1, 0.15) is 5.75 Å². The Kier molecular flexibility index (Phi) is 6.21. The smallest absolute Gasteiger partial charge is 0.227 e. The van der Waals surface area contributed by atoms with Gasteiger partial charge < -0.3 is 10.1 Å². The van der Waals surface area contributed by atoms with E-state index in [9.17, 15) is 4.79 Å². The molecule has 22 heavy (non-hydrogen) atoms. The average Bonchev–Trinajstić information content (AvgIpc) is 2.45. The fourth-order valence-electron chi connectivity index (χ4n) is 1.66. The van der Waals surface area contributed by atoms with Crippen LogP contribution in [-0.4, -0.2) is 12.5 Å². The number of hydrogen-bond donors (Lipinski definition) is 1. The first-order valence-corrected chi connectivity index (χ1v) is 7.79. The minimum atomic E-state index is -0.264. The first-order chi connectivity index (χ1) is 10.5. The van der Waals surface area contributed by atoms with E-state index in [0.717, 1.165) is 0 Å². The highest BCUT2D eigenvalue weighted by Crippen LogP contribution is 2.33. The molecule has 0 aliphatic rings. The summed E-state index contributed by atoms with van der Waals surface area (Å²) in [4.78, 5) is 11.9. The van der Waals surface area contributed by atoms with Crippen molar-refractivity contribution in [3.63, 3.8) is 0 Å². The number of halogens is 4. The predicted molar refractivity (Wildman–Crippen MR) is 91.7 cm³/mol. The zero-order chi connectivity index (χ0) is 16.1. The van der Waals surface area contributed by atoms with Crippen LogP contribution in [0.2, 0.25) is 20.1 Å². The first-order valence-electron chi connectivity index (χ1n) is 6.28. The van der Waals surface area contributed by atoms with Crippen molar-refractivity contribution >= 4 is 58.0 Å². The third-order valence-corrected chi connectivity index (χ3v) is 3.75. The van der Waals surface area contributed by atoms with Gasteiger partial charge in [0.2, 0.25) is 5.91 Å². The zero-order valence-corrected chi connectivity index (χ0v) is 14.2. The van der Waals surface area contributed by atoms with Crippen molar-refractivity contribution in [3.05, 3.63) is 56.5 Å². The highest BCUT2D eigenvalue weighted by Gasteiger charge is 2.11. The lowest BCUT2D eigenvalue weighted by atomic mass is 10.3. The van der Waals surface area contributed by atoms with Crippen LogP contribution in [0.3, 0.4) is 0 Å². The quantitative estimate of drug-likeness (QED) is 0.723. The summed E-state index contributed by atoms with van der Waals surface area (Å²) < 4.78 is 5.44. The van der Waals surface area contributed by atoms with Gasteiger partial charge in [-0.3, -0.25) is 4.79 Å². The van der Waals surface area contributed by atoms with Gasteiger partial charge in [-0.05, 0) is 36.4 Å². The molecule has 0 unspecified atom stereocenters.